The molecule has 0 aromatic carbocycles. The van der Waals surface area contributed by atoms with E-state index in [4.69, 9.17) is 5.73 Å². The Bertz CT molecular complexity index is 286. The van der Waals surface area contributed by atoms with Gasteiger partial charge in [0.15, 0.2) is 0 Å². The van der Waals surface area contributed by atoms with Crippen LogP contribution in [0.1, 0.15) is 31.9 Å². The molecule has 0 aliphatic carbocycles. The van der Waals surface area contributed by atoms with E-state index in [1.54, 1.807) is 6.20 Å². The zero-order valence-corrected chi connectivity index (χ0v) is 10.6. The van der Waals surface area contributed by atoms with E-state index in [0.717, 1.165) is 6.54 Å². The highest BCUT2D eigenvalue weighted by Gasteiger charge is 2.16. The van der Waals surface area contributed by atoms with Crippen molar-refractivity contribution in [1.82, 2.24) is 9.88 Å². The summed E-state index contributed by atoms with van der Waals surface area (Å²) in [5.74, 6) is 0.704. The lowest BCUT2D eigenvalue weighted by molar-refractivity contribution is 0.215. The molecule has 3 heteroatoms. The Kier molecular flexibility index (Phi) is 5.43. The fraction of sp³-hybridized carbons (Fsp3) is 0.615. The first-order valence-corrected chi connectivity index (χ1v) is 5.99. The number of nitrogens with two attached hydrogens (primary N) is 1. The molecule has 0 saturated heterocycles. The van der Waals surface area contributed by atoms with Crippen molar-refractivity contribution in [3.05, 3.63) is 30.1 Å². The van der Waals surface area contributed by atoms with Crippen molar-refractivity contribution >= 4 is 0 Å². The number of rotatable bonds is 6. The lowest BCUT2D eigenvalue weighted by Crippen LogP contribution is -2.33. The van der Waals surface area contributed by atoms with Gasteiger partial charge < -0.3 is 5.73 Å². The first-order chi connectivity index (χ1) is 7.69. The van der Waals surface area contributed by atoms with Gasteiger partial charge in [-0.2, -0.15) is 0 Å². The van der Waals surface area contributed by atoms with Crippen LogP contribution in [0.25, 0.3) is 0 Å². The van der Waals surface area contributed by atoms with E-state index < -0.39 is 0 Å². The van der Waals surface area contributed by atoms with E-state index in [1.165, 1.54) is 12.0 Å². The van der Waals surface area contributed by atoms with Crippen LogP contribution in [-0.4, -0.2) is 30.0 Å². The molecule has 2 atom stereocenters. The summed E-state index contributed by atoms with van der Waals surface area (Å²) in [7, 11) is 2.14. The van der Waals surface area contributed by atoms with Crippen LogP contribution in [0.3, 0.4) is 0 Å². The molecule has 1 heterocycles. The Morgan fingerprint density at radius 1 is 1.50 bits per heavy atom. The lowest BCUT2D eigenvalue weighted by atomic mass is 10.0. The van der Waals surface area contributed by atoms with Crippen molar-refractivity contribution in [2.75, 3.05) is 20.1 Å². The zero-order valence-electron chi connectivity index (χ0n) is 10.6. The highest BCUT2D eigenvalue weighted by molar-refractivity contribution is 5.14. The fourth-order valence-corrected chi connectivity index (χ4v) is 1.89. The average Bonchev–Trinajstić information content (AvgIpc) is 2.31. The largest absolute Gasteiger partial charge is 0.329 e. The molecule has 0 saturated carbocycles. The Morgan fingerprint density at radius 2 is 2.25 bits per heavy atom. The number of nitrogens with zero attached hydrogens (tertiary/aromatic N) is 2. The van der Waals surface area contributed by atoms with Crippen LogP contribution in [0.15, 0.2) is 24.5 Å². The van der Waals surface area contributed by atoms with E-state index in [2.05, 4.69) is 36.8 Å². The molecule has 0 spiro atoms. The molecule has 16 heavy (non-hydrogen) atoms. The predicted octanol–water partition coefficient (Wildman–Crippen LogP) is 2.06. The van der Waals surface area contributed by atoms with Crippen molar-refractivity contribution in [1.29, 1.82) is 0 Å². The molecule has 0 amide bonds. The quantitative estimate of drug-likeness (QED) is 0.799. The van der Waals surface area contributed by atoms with Crippen LogP contribution < -0.4 is 5.73 Å². The summed E-state index contributed by atoms with van der Waals surface area (Å²) in [6.45, 7) is 6.21. The van der Waals surface area contributed by atoms with Gasteiger partial charge in [-0.3, -0.25) is 9.88 Å². The van der Waals surface area contributed by atoms with Crippen molar-refractivity contribution in [2.24, 2.45) is 11.7 Å². The van der Waals surface area contributed by atoms with E-state index in [-0.39, 0.29) is 6.04 Å². The Hall–Kier alpha value is -0.930. The third-order valence-corrected chi connectivity index (χ3v) is 3.12. The fourth-order valence-electron chi connectivity index (χ4n) is 1.89. The minimum atomic E-state index is 0.280. The third-order valence-electron chi connectivity index (χ3n) is 3.12. The minimum Gasteiger partial charge on any atom is -0.329 e. The maximum absolute atomic E-state index is 5.85. The zero-order chi connectivity index (χ0) is 12.0. The number of hydrogen-bond donors (Lipinski definition) is 1. The summed E-state index contributed by atoms with van der Waals surface area (Å²) in [4.78, 5) is 6.48. The Labute approximate surface area is 98.7 Å². The molecule has 0 radical (unpaired) electrons. The van der Waals surface area contributed by atoms with Gasteiger partial charge in [-0.15, -0.1) is 0 Å². The van der Waals surface area contributed by atoms with E-state index in [1.807, 2.05) is 12.3 Å². The van der Waals surface area contributed by atoms with Crippen molar-refractivity contribution in [2.45, 2.75) is 26.3 Å². The second-order valence-electron chi connectivity index (χ2n) is 4.49. The molecule has 0 bridgehead atoms. The molecule has 90 valence electrons. The van der Waals surface area contributed by atoms with Gasteiger partial charge in [0.05, 0.1) is 0 Å². The Morgan fingerprint density at radius 3 is 2.75 bits per heavy atom. The Balaban J connectivity index is 2.67. The molecule has 0 aliphatic rings. The summed E-state index contributed by atoms with van der Waals surface area (Å²) < 4.78 is 0. The van der Waals surface area contributed by atoms with Crippen LogP contribution >= 0.6 is 0 Å². The molecule has 2 unspecified atom stereocenters. The molecule has 3 nitrogen and oxygen atoms in total. The number of likely N-dealkylation sites (N-methyl/N-ethyl adjacent to an activating group) is 1. The monoisotopic (exact) mass is 221 g/mol. The van der Waals surface area contributed by atoms with Crippen molar-refractivity contribution in [3.8, 4) is 0 Å². The number of aromatic nitrogens is 1. The maximum Gasteiger partial charge on any atom is 0.0482 e. The van der Waals surface area contributed by atoms with Gasteiger partial charge in [-0.25, -0.2) is 0 Å². The number of pyridine rings is 1. The van der Waals surface area contributed by atoms with Crippen LogP contribution in [0, 0.1) is 5.92 Å². The summed E-state index contributed by atoms with van der Waals surface area (Å²) in [6.07, 6.45) is 4.91. The summed E-state index contributed by atoms with van der Waals surface area (Å²) in [5, 5.41) is 0. The standard InChI is InChI=1S/C13H23N3/c1-4-11(2)10-16(3)13(8-14)12-6-5-7-15-9-12/h5-7,9,11,13H,4,8,10,14H2,1-3H3. The van der Waals surface area contributed by atoms with Gasteiger partial charge in [-0.05, 0) is 24.6 Å². The summed E-state index contributed by atoms with van der Waals surface area (Å²) in [6, 6.07) is 4.34. The number of hydrogen-bond acceptors (Lipinski definition) is 3. The predicted molar refractivity (Wildman–Crippen MR) is 68.1 cm³/mol. The molecule has 0 fully saturated rings. The van der Waals surface area contributed by atoms with Gasteiger partial charge in [0.25, 0.3) is 0 Å². The second-order valence-corrected chi connectivity index (χ2v) is 4.49. The molecule has 1 aromatic heterocycles. The average molecular weight is 221 g/mol. The summed E-state index contributed by atoms with van der Waals surface area (Å²) in [5.41, 5.74) is 7.06. The molecular formula is C13H23N3. The van der Waals surface area contributed by atoms with Crippen LogP contribution in [0.2, 0.25) is 0 Å². The molecule has 0 aliphatic heterocycles. The van der Waals surface area contributed by atoms with Gasteiger partial charge in [0.2, 0.25) is 0 Å². The minimum absolute atomic E-state index is 0.280. The summed E-state index contributed by atoms with van der Waals surface area (Å²) >= 11 is 0. The molecule has 1 rings (SSSR count). The van der Waals surface area contributed by atoms with Gasteiger partial charge in [0, 0.05) is 31.5 Å². The lowest BCUT2D eigenvalue weighted by Gasteiger charge is -2.29. The molecular weight excluding hydrogens is 198 g/mol. The van der Waals surface area contributed by atoms with E-state index in [9.17, 15) is 0 Å². The smallest absolute Gasteiger partial charge is 0.0482 e. The SMILES string of the molecule is CCC(C)CN(C)C(CN)c1cccnc1. The van der Waals surface area contributed by atoms with Gasteiger partial charge in [-0.1, -0.05) is 26.3 Å². The van der Waals surface area contributed by atoms with Crippen LogP contribution in [0.4, 0.5) is 0 Å². The van der Waals surface area contributed by atoms with Crippen LogP contribution in [-0.2, 0) is 0 Å². The van der Waals surface area contributed by atoms with Crippen molar-refractivity contribution in [3.63, 3.8) is 0 Å². The first-order valence-electron chi connectivity index (χ1n) is 5.99. The topological polar surface area (TPSA) is 42.1 Å². The van der Waals surface area contributed by atoms with E-state index in [0.29, 0.717) is 12.5 Å². The second kappa shape index (κ2) is 6.61. The molecule has 1 aromatic rings. The van der Waals surface area contributed by atoms with E-state index >= 15 is 0 Å². The van der Waals surface area contributed by atoms with Gasteiger partial charge in [0.1, 0.15) is 0 Å². The first kappa shape index (κ1) is 13.1. The van der Waals surface area contributed by atoms with Crippen molar-refractivity contribution < 1.29 is 0 Å². The highest BCUT2D eigenvalue weighted by atomic mass is 15.1. The van der Waals surface area contributed by atoms with Gasteiger partial charge >= 0.3 is 0 Å². The maximum atomic E-state index is 5.85. The third kappa shape index (κ3) is 3.58. The van der Waals surface area contributed by atoms with Crippen LogP contribution in [0.5, 0.6) is 0 Å². The highest BCUT2D eigenvalue weighted by Crippen LogP contribution is 2.18. The molecule has 2 N–H and O–H groups in total. The normalized spacial score (nSPS) is 15.1.